The first-order chi connectivity index (χ1) is 11.0. The van der Waals surface area contributed by atoms with Gasteiger partial charge in [0, 0.05) is 0 Å². The molecule has 1 nitrogen and oxygen atoms in total. The highest BCUT2D eigenvalue weighted by molar-refractivity contribution is 6.84. The Balaban J connectivity index is 2.19. The van der Waals surface area contributed by atoms with Crippen molar-refractivity contribution in [1.29, 1.82) is 0 Å². The molecule has 0 unspecified atom stereocenters. The number of rotatable bonds is 2. The predicted molar refractivity (Wildman–Crippen MR) is 107 cm³/mol. The molecule has 0 radical (unpaired) electrons. The summed E-state index contributed by atoms with van der Waals surface area (Å²) in [5, 5.41) is 12.0. The first kappa shape index (κ1) is 17.7. The fourth-order valence-corrected chi connectivity index (χ4v) is 6.82. The molecule has 1 aromatic carbocycles. The Labute approximate surface area is 148 Å². The van der Waals surface area contributed by atoms with Crippen LogP contribution in [0.4, 0.5) is 0 Å². The van der Waals surface area contributed by atoms with E-state index in [-0.39, 0.29) is 11.5 Å². The first-order valence-corrected chi connectivity index (χ1v) is 12.7. The van der Waals surface area contributed by atoms with Crippen LogP contribution in [0.3, 0.4) is 0 Å². The van der Waals surface area contributed by atoms with Gasteiger partial charge in [-0.1, -0.05) is 56.5 Å². The van der Waals surface area contributed by atoms with E-state index in [1.807, 2.05) is 0 Å². The molecule has 0 amide bonds. The van der Waals surface area contributed by atoms with Gasteiger partial charge < -0.3 is 5.11 Å². The van der Waals surface area contributed by atoms with E-state index in [1.165, 1.54) is 27.8 Å². The van der Waals surface area contributed by atoms with Crippen LogP contribution in [0.1, 0.15) is 42.9 Å². The van der Waals surface area contributed by atoms with Crippen LogP contribution in [-0.2, 0) is 0 Å². The lowest BCUT2D eigenvalue weighted by Gasteiger charge is -2.44. The van der Waals surface area contributed by atoms with Crippen LogP contribution < -0.4 is 0 Å². The summed E-state index contributed by atoms with van der Waals surface area (Å²) >= 11 is 0. The molecule has 0 spiro atoms. The van der Waals surface area contributed by atoms with Gasteiger partial charge in [0.15, 0.2) is 0 Å². The van der Waals surface area contributed by atoms with Crippen LogP contribution >= 0.6 is 0 Å². The maximum absolute atomic E-state index is 10.3. The number of aliphatic hydroxyl groups is 1. The number of hydrogen-bond donors (Lipinski definition) is 1. The number of hydrogen-bond acceptors (Lipinski definition) is 1. The third-order valence-electron chi connectivity index (χ3n) is 6.38. The zero-order chi connectivity index (χ0) is 17.9. The van der Waals surface area contributed by atoms with Gasteiger partial charge in [-0.2, -0.15) is 0 Å². The number of aliphatic hydroxyl groups excluding tert-OH is 1. The normalized spacial score (nSPS) is 30.7. The first-order valence-electron chi connectivity index (χ1n) is 9.21. The van der Waals surface area contributed by atoms with Crippen molar-refractivity contribution in [3.63, 3.8) is 0 Å². The van der Waals surface area contributed by atoms with Crippen molar-refractivity contribution >= 4 is 13.6 Å². The van der Waals surface area contributed by atoms with E-state index in [1.54, 1.807) is 5.20 Å². The summed E-state index contributed by atoms with van der Waals surface area (Å²) in [6.45, 7) is 18.7. The Morgan fingerprint density at radius 1 is 1.17 bits per heavy atom. The highest BCUT2D eigenvalue weighted by Crippen LogP contribution is 2.58. The van der Waals surface area contributed by atoms with E-state index >= 15 is 0 Å². The van der Waals surface area contributed by atoms with Crippen LogP contribution in [0, 0.1) is 25.2 Å². The van der Waals surface area contributed by atoms with Crippen LogP contribution in [0.2, 0.25) is 19.6 Å². The van der Waals surface area contributed by atoms with E-state index in [2.05, 4.69) is 65.2 Å². The highest BCUT2D eigenvalue weighted by atomic mass is 28.3. The molecule has 3 rings (SSSR count). The molecule has 1 N–H and O–H groups in total. The monoisotopic (exact) mass is 340 g/mol. The highest BCUT2D eigenvalue weighted by Gasteiger charge is 2.50. The van der Waals surface area contributed by atoms with E-state index in [0.29, 0.717) is 5.92 Å². The number of allylic oxidation sites excluding steroid dienone is 3. The number of fused-ring (bicyclic) bond motifs is 1. The van der Waals surface area contributed by atoms with Crippen molar-refractivity contribution in [3.05, 3.63) is 52.2 Å². The minimum absolute atomic E-state index is 0.168. The molecule has 2 aliphatic rings. The number of aryl methyl sites for hydroxylation is 2. The van der Waals surface area contributed by atoms with Gasteiger partial charge in [-0.3, -0.25) is 0 Å². The van der Waals surface area contributed by atoms with Crippen molar-refractivity contribution in [2.75, 3.05) is 0 Å². The molecule has 3 atom stereocenters. The summed E-state index contributed by atoms with van der Waals surface area (Å²) in [4.78, 5) is 0. The van der Waals surface area contributed by atoms with Gasteiger partial charge in [0.1, 0.15) is 0 Å². The maximum Gasteiger partial charge on any atom is 0.0732 e. The maximum atomic E-state index is 10.3. The van der Waals surface area contributed by atoms with E-state index in [9.17, 15) is 5.11 Å². The largest absolute Gasteiger partial charge is 0.393 e. The van der Waals surface area contributed by atoms with Gasteiger partial charge in [0.2, 0.25) is 0 Å². The van der Waals surface area contributed by atoms with Crippen molar-refractivity contribution in [2.45, 2.75) is 65.8 Å². The molecule has 1 fully saturated rings. The van der Waals surface area contributed by atoms with Crippen molar-refractivity contribution in [3.8, 4) is 0 Å². The van der Waals surface area contributed by atoms with E-state index in [4.69, 9.17) is 0 Å². The van der Waals surface area contributed by atoms with Gasteiger partial charge >= 0.3 is 0 Å². The zero-order valence-electron chi connectivity index (χ0n) is 16.2. The molecule has 1 saturated carbocycles. The lowest BCUT2D eigenvalue weighted by Crippen LogP contribution is -2.37. The summed E-state index contributed by atoms with van der Waals surface area (Å²) in [5.74, 6) is 0.421. The summed E-state index contributed by atoms with van der Waals surface area (Å²) in [6.07, 6.45) is 2.76. The summed E-state index contributed by atoms with van der Waals surface area (Å²) in [7, 11) is -1.47. The fourth-order valence-electron chi connectivity index (χ4n) is 4.84. The molecule has 0 heterocycles. The number of benzene rings is 1. The lowest BCUT2D eigenvalue weighted by atomic mass is 9.67. The van der Waals surface area contributed by atoms with Gasteiger partial charge in [0.05, 0.1) is 14.2 Å². The topological polar surface area (TPSA) is 20.2 Å². The molecule has 0 saturated heterocycles. The second-order valence-corrected chi connectivity index (χ2v) is 14.5. The zero-order valence-corrected chi connectivity index (χ0v) is 17.2. The summed E-state index contributed by atoms with van der Waals surface area (Å²) in [6, 6.07) is 6.85. The standard InChI is InChI=1S/C22H32OSi/c1-14-8-9-17(10-15(14)2)21-16(3)19-11-18(23)12-22(19,4)13-20(21)24(5,6)7/h8-10,18-19,23H,3,11-13H2,1-2,4-7H3/t18-,19+,22+/m0/s1. The average molecular weight is 341 g/mol. The smallest absolute Gasteiger partial charge is 0.0732 e. The van der Waals surface area contributed by atoms with Crippen LogP contribution in [0.25, 0.3) is 5.57 Å². The fraction of sp³-hybridized carbons (Fsp3) is 0.545. The molecule has 24 heavy (non-hydrogen) atoms. The van der Waals surface area contributed by atoms with E-state index < -0.39 is 8.07 Å². The van der Waals surface area contributed by atoms with Crippen molar-refractivity contribution in [1.82, 2.24) is 0 Å². The Morgan fingerprint density at radius 2 is 1.83 bits per heavy atom. The lowest BCUT2D eigenvalue weighted by molar-refractivity contribution is 0.163. The molecular formula is C22H32OSi. The Morgan fingerprint density at radius 3 is 2.42 bits per heavy atom. The third-order valence-corrected chi connectivity index (χ3v) is 8.61. The quantitative estimate of drug-likeness (QED) is 0.688. The molecular weight excluding hydrogens is 308 g/mol. The third kappa shape index (κ3) is 2.84. The van der Waals surface area contributed by atoms with Crippen LogP contribution in [0.5, 0.6) is 0 Å². The van der Waals surface area contributed by atoms with Gasteiger partial charge in [-0.15, -0.1) is 0 Å². The molecule has 2 heteroatoms. The molecule has 1 aromatic rings. The Kier molecular flexibility index (Phi) is 4.21. The average Bonchev–Trinajstić information content (AvgIpc) is 2.76. The van der Waals surface area contributed by atoms with Crippen molar-refractivity contribution in [2.24, 2.45) is 11.3 Å². The molecule has 0 aliphatic heterocycles. The molecule has 2 aliphatic carbocycles. The minimum Gasteiger partial charge on any atom is -0.393 e. The molecule has 0 aromatic heterocycles. The van der Waals surface area contributed by atoms with Crippen molar-refractivity contribution < 1.29 is 5.11 Å². The summed E-state index contributed by atoms with van der Waals surface area (Å²) < 4.78 is 0. The van der Waals surface area contributed by atoms with E-state index in [0.717, 1.165) is 19.3 Å². The summed E-state index contributed by atoms with van der Waals surface area (Å²) in [5.41, 5.74) is 6.92. The SMILES string of the molecule is C=C1C(c2ccc(C)c(C)c2)=C([Si](C)(C)C)C[C@@]2(C)C[C@@H](O)C[C@H]12. The second-order valence-electron chi connectivity index (χ2n) is 9.40. The molecule has 130 valence electrons. The van der Waals surface area contributed by atoms with Gasteiger partial charge in [-0.05, 0) is 72.3 Å². The predicted octanol–water partition coefficient (Wildman–Crippen LogP) is 5.67. The molecule has 0 bridgehead atoms. The second kappa shape index (κ2) is 5.71. The van der Waals surface area contributed by atoms with Crippen LogP contribution in [0.15, 0.2) is 35.5 Å². The van der Waals surface area contributed by atoms with Gasteiger partial charge in [-0.25, -0.2) is 0 Å². The van der Waals surface area contributed by atoms with Gasteiger partial charge in [0.25, 0.3) is 0 Å². The van der Waals surface area contributed by atoms with Crippen LogP contribution in [-0.4, -0.2) is 19.3 Å². The Bertz CT molecular complexity index is 722. The minimum atomic E-state index is -1.47. The Hall–Kier alpha value is -1.12.